The number of carbonyl (C=O) groups excluding carboxylic acids is 2. The molecular formula is C24H32N4O2. The van der Waals surface area contributed by atoms with Crippen molar-refractivity contribution in [2.45, 2.75) is 27.7 Å². The quantitative estimate of drug-likeness (QED) is 0.771. The Kier molecular flexibility index (Phi) is 7.11. The molecular weight excluding hydrogens is 376 g/mol. The maximum atomic E-state index is 12.6. The van der Waals surface area contributed by atoms with Crippen LogP contribution in [0.25, 0.3) is 0 Å². The van der Waals surface area contributed by atoms with Crippen molar-refractivity contribution in [2.75, 3.05) is 49.9 Å². The van der Waals surface area contributed by atoms with E-state index in [1.807, 2.05) is 69.0 Å². The fourth-order valence-corrected chi connectivity index (χ4v) is 3.80. The van der Waals surface area contributed by atoms with E-state index in [1.54, 1.807) is 0 Å². The van der Waals surface area contributed by atoms with E-state index >= 15 is 0 Å². The van der Waals surface area contributed by atoms with Gasteiger partial charge < -0.3 is 15.5 Å². The topological polar surface area (TPSA) is 64.7 Å². The number of amides is 2. The number of hydrogen-bond acceptors (Lipinski definition) is 4. The molecule has 160 valence electrons. The van der Waals surface area contributed by atoms with Gasteiger partial charge in [0.2, 0.25) is 11.8 Å². The minimum absolute atomic E-state index is 0.0137. The average Bonchev–Trinajstić information content (AvgIpc) is 2.71. The summed E-state index contributed by atoms with van der Waals surface area (Å²) in [6.45, 7) is 11.5. The number of rotatable bonds is 6. The predicted molar refractivity (Wildman–Crippen MR) is 122 cm³/mol. The third kappa shape index (κ3) is 5.39. The zero-order chi connectivity index (χ0) is 21.7. The van der Waals surface area contributed by atoms with Crippen molar-refractivity contribution in [3.63, 3.8) is 0 Å². The first kappa shape index (κ1) is 21.8. The van der Waals surface area contributed by atoms with Crippen LogP contribution in [0.3, 0.4) is 0 Å². The number of anilines is 2. The van der Waals surface area contributed by atoms with E-state index in [9.17, 15) is 9.59 Å². The van der Waals surface area contributed by atoms with Crippen LogP contribution in [0.15, 0.2) is 36.4 Å². The first-order chi connectivity index (χ1) is 14.3. The third-order valence-electron chi connectivity index (χ3n) is 5.87. The molecule has 0 atom stereocenters. The van der Waals surface area contributed by atoms with Crippen molar-refractivity contribution in [3.05, 3.63) is 58.7 Å². The molecule has 2 amide bonds. The van der Waals surface area contributed by atoms with E-state index in [2.05, 4.69) is 15.5 Å². The Morgan fingerprint density at radius 2 is 1.47 bits per heavy atom. The molecule has 6 nitrogen and oxygen atoms in total. The lowest BCUT2D eigenvalue weighted by Gasteiger charge is -2.34. The number of nitrogens with one attached hydrogen (secondary N) is 2. The predicted octanol–water partition coefficient (Wildman–Crippen LogP) is 3.12. The summed E-state index contributed by atoms with van der Waals surface area (Å²) in [6, 6.07) is 12.0. The minimum atomic E-state index is -0.0137. The molecule has 1 aliphatic heterocycles. The number of benzene rings is 2. The summed E-state index contributed by atoms with van der Waals surface area (Å²) in [5.74, 6) is 0.0808. The van der Waals surface area contributed by atoms with Gasteiger partial charge in [-0.2, -0.15) is 0 Å². The molecule has 0 aromatic heterocycles. The Morgan fingerprint density at radius 1 is 0.867 bits per heavy atom. The second kappa shape index (κ2) is 9.76. The molecule has 3 rings (SSSR count). The summed E-state index contributed by atoms with van der Waals surface area (Å²) < 4.78 is 0. The SMILES string of the molecule is Cc1cccc(NC(=O)CN2CCN(C(=O)CNc3c(C)cccc3C)CC2)c1C. The van der Waals surface area contributed by atoms with Crippen LogP contribution in [0.4, 0.5) is 11.4 Å². The van der Waals surface area contributed by atoms with E-state index in [0.717, 1.165) is 33.6 Å². The van der Waals surface area contributed by atoms with E-state index in [0.29, 0.717) is 39.3 Å². The number of hydrogen-bond donors (Lipinski definition) is 2. The second-order valence-electron chi connectivity index (χ2n) is 8.07. The molecule has 1 aliphatic rings. The Balaban J connectivity index is 1.44. The van der Waals surface area contributed by atoms with Gasteiger partial charge in [-0.15, -0.1) is 0 Å². The zero-order valence-corrected chi connectivity index (χ0v) is 18.4. The molecule has 2 aromatic carbocycles. The lowest BCUT2D eigenvalue weighted by Crippen LogP contribution is -2.51. The monoisotopic (exact) mass is 408 g/mol. The van der Waals surface area contributed by atoms with Gasteiger partial charge in [-0.1, -0.05) is 30.3 Å². The van der Waals surface area contributed by atoms with Gasteiger partial charge in [0, 0.05) is 37.6 Å². The van der Waals surface area contributed by atoms with Crippen molar-refractivity contribution in [3.8, 4) is 0 Å². The molecule has 0 radical (unpaired) electrons. The molecule has 0 unspecified atom stereocenters. The number of nitrogens with zero attached hydrogens (tertiary/aromatic N) is 2. The van der Waals surface area contributed by atoms with Gasteiger partial charge in [-0.25, -0.2) is 0 Å². The van der Waals surface area contributed by atoms with Crippen LogP contribution in [0.5, 0.6) is 0 Å². The Labute approximate surface area is 179 Å². The fraction of sp³-hybridized carbons (Fsp3) is 0.417. The van der Waals surface area contributed by atoms with Crippen molar-refractivity contribution in [2.24, 2.45) is 0 Å². The van der Waals surface area contributed by atoms with Crippen LogP contribution in [0.2, 0.25) is 0 Å². The van der Waals surface area contributed by atoms with Crippen molar-refractivity contribution < 1.29 is 9.59 Å². The highest BCUT2D eigenvalue weighted by Crippen LogP contribution is 2.19. The van der Waals surface area contributed by atoms with Gasteiger partial charge in [0.25, 0.3) is 0 Å². The van der Waals surface area contributed by atoms with Crippen LogP contribution in [0, 0.1) is 27.7 Å². The maximum absolute atomic E-state index is 12.6. The van der Waals surface area contributed by atoms with Crippen LogP contribution in [0.1, 0.15) is 22.3 Å². The average molecular weight is 409 g/mol. The first-order valence-corrected chi connectivity index (χ1v) is 10.5. The molecule has 0 saturated carbocycles. The summed E-state index contributed by atoms with van der Waals surface area (Å²) >= 11 is 0. The van der Waals surface area contributed by atoms with Gasteiger partial charge in [-0.3, -0.25) is 14.5 Å². The summed E-state index contributed by atoms with van der Waals surface area (Å²) in [7, 11) is 0. The number of aryl methyl sites for hydroxylation is 3. The highest BCUT2D eigenvalue weighted by Gasteiger charge is 2.22. The van der Waals surface area contributed by atoms with Crippen molar-refractivity contribution in [1.82, 2.24) is 9.80 Å². The molecule has 30 heavy (non-hydrogen) atoms. The smallest absolute Gasteiger partial charge is 0.241 e. The zero-order valence-electron chi connectivity index (χ0n) is 18.4. The number of para-hydroxylation sites is 1. The molecule has 2 N–H and O–H groups in total. The van der Waals surface area contributed by atoms with Crippen LogP contribution in [-0.2, 0) is 9.59 Å². The minimum Gasteiger partial charge on any atom is -0.376 e. The fourth-order valence-electron chi connectivity index (χ4n) is 3.80. The van der Waals surface area contributed by atoms with E-state index in [-0.39, 0.29) is 11.8 Å². The van der Waals surface area contributed by atoms with E-state index in [4.69, 9.17) is 0 Å². The van der Waals surface area contributed by atoms with Gasteiger partial charge in [-0.05, 0) is 56.0 Å². The van der Waals surface area contributed by atoms with Crippen LogP contribution in [-0.4, -0.2) is 60.9 Å². The summed E-state index contributed by atoms with van der Waals surface area (Å²) in [4.78, 5) is 29.0. The van der Waals surface area contributed by atoms with Gasteiger partial charge in [0.1, 0.15) is 0 Å². The number of piperazine rings is 1. The molecule has 2 aromatic rings. The summed E-state index contributed by atoms with van der Waals surface area (Å²) in [5.41, 5.74) is 6.44. The van der Waals surface area contributed by atoms with Gasteiger partial charge in [0.05, 0.1) is 13.1 Å². The number of carbonyl (C=O) groups is 2. The first-order valence-electron chi connectivity index (χ1n) is 10.5. The molecule has 6 heteroatoms. The highest BCUT2D eigenvalue weighted by atomic mass is 16.2. The summed E-state index contributed by atoms with van der Waals surface area (Å²) in [6.07, 6.45) is 0. The van der Waals surface area contributed by atoms with Crippen LogP contribution < -0.4 is 10.6 Å². The Hall–Kier alpha value is -2.86. The lowest BCUT2D eigenvalue weighted by atomic mass is 10.1. The third-order valence-corrected chi connectivity index (χ3v) is 5.87. The molecule has 1 fully saturated rings. The molecule has 0 spiro atoms. The molecule has 1 heterocycles. The second-order valence-corrected chi connectivity index (χ2v) is 8.07. The maximum Gasteiger partial charge on any atom is 0.241 e. The normalized spacial score (nSPS) is 14.5. The van der Waals surface area contributed by atoms with E-state index in [1.165, 1.54) is 0 Å². The lowest BCUT2D eigenvalue weighted by molar-refractivity contribution is -0.131. The molecule has 1 saturated heterocycles. The molecule has 0 aliphatic carbocycles. The Morgan fingerprint density at radius 3 is 2.13 bits per heavy atom. The Bertz CT molecular complexity index is 897. The highest BCUT2D eigenvalue weighted by molar-refractivity contribution is 5.93. The van der Waals surface area contributed by atoms with Gasteiger partial charge >= 0.3 is 0 Å². The van der Waals surface area contributed by atoms with Crippen LogP contribution >= 0.6 is 0 Å². The summed E-state index contributed by atoms with van der Waals surface area (Å²) in [5, 5.41) is 6.30. The van der Waals surface area contributed by atoms with Crippen molar-refractivity contribution >= 4 is 23.2 Å². The standard InChI is InChI=1S/C24H32N4O2/c1-17-7-6-10-21(20(17)4)26-22(29)16-27-11-13-28(14-12-27)23(30)15-25-24-18(2)8-5-9-19(24)3/h5-10,25H,11-16H2,1-4H3,(H,26,29). The van der Waals surface area contributed by atoms with Gasteiger partial charge in [0.15, 0.2) is 0 Å². The van der Waals surface area contributed by atoms with E-state index < -0.39 is 0 Å². The molecule has 0 bridgehead atoms. The largest absolute Gasteiger partial charge is 0.376 e. The van der Waals surface area contributed by atoms with Crippen molar-refractivity contribution in [1.29, 1.82) is 0 Å².